The maximum absolute atomic E-state index is 3.36. The van der Waals surface area contributed by atoms with E-state index < -0.39 is 0 Å². The van der Waals surface area contributed by atoms with E-state index in [1.807, 2.05) is 27.7 Å². The SMILES string of the molecule is C=CC.C=CC.C=CC.C=CC.[PbH2]. The summed E-state index contributed by atoms with van der Waals surface area (Å²) in [6.07, 6.45) is 7.00. The average molecular weight is 378 g/mol. The molecule has 78 valence electrons. The van der Waals surface area contributed by atoms with Gasteiger partial charge in [-0.3, -0.25) is 0 Å². The van der Waals surface area contributed by atoms with E-state index in [1.165, 1.54) is 0 Å². The molecular weight excluding hydrogens is 351 g/mol. The molecule has 0 aliphatic heterocycles. The Morgan fingerprint density at radius 1 is 0.538 bits per heavy atom. The van der Waals surface area contributed by atoms with E-state index in [0.29, 0.717) is 0 Å². The Kier molecular flexibility index (Phi) is 210. The van der Waals surface area contributed by atoms with E-state index in [0.717, 1.165) is 0 Å². The van der Waals surface area contributed by atoms with Gasteiger partial charge in [-0.1, -0.05) is 24.3 Å². The molecule has 0 saturated carbocycles. The van der Waals surface area contributed by atoms with E-state index in [1.54, 1.807) is 24.3 Å². The molecule has 0 spiro atoms. The molecule has 0 rings (SSSR count). The van der Waals surface area contributed by atoms with Gasteiger partial charge in [-0.2, -0.15) is 0 Å². The Morgan fingerprint density at radius 3 is 0.538 bits per heavy atom. The van der Waals surface area contributed by atoms with Crippen LogP contribution in [0, 0.1) is 0 Å². The van der Waals surface area contributed by atoms with Crippen molar-refractivity contribution in [3.63, 3.8) is 0 Å². The second kappa shape index (κ2) is 93.4. The Morgan fingerprint density at radius 2 is 0.538 bits per heavy atom. The van der Waals surface area contributed by atoms with Gasteiger partial charge in [-0.25, -0.2) is 0 Å². The van der Waals surface area contributed by atoms with Crippen LogP contribution in [0.4, 0.5) is 0 Å². The van der Waals surface area contributed by atoms with Gasteiger partial charge < -0.3 is 0 Å². The molecule has 0 aromatic carbocycles. The van der Waals surface area contributed by atoms with Gasteiger partial charge in [0.15, 0.2) is 0 Å². The molecule has 0 unspecified atom stereocenters. The standard InChI is InChI=1S/4C3H6.Pb.2H/c4*1-3-2;;;/h4*3H,1H2,2H3;;;. The van der Waals surface area contributed by atoms with Gasteiger partial charge in [0, 0.05) is 0 Å². The van der Waals surface area contributed by atoms with Crippen molar-refractivity contribution in [3.8, 4) is 0 Å². The summed E-state index contributed by atoms with van der Waals surface area (Å²) < 4.78 is 0. The fraction of sp³-hybridized carbons (Fsp3) is 0.333. The van der Waals surface area contributed by atoms with E-state index in [9.17, 15) is 0 Å². The Labute approximate surface area is 105 Å². The normalized spacial score (nSPS) is 4.00. The fourth-order valence-electron chi connectivity index (χ4n) is 0. The molecule has 0 bridgehead atoms. The predicted octanol–water partition coefficient (Wildman–Crippen LogP) is 3.85. The van der Waals surface area contributed by atoms with Crippen LogP contribution in [0.2, 0.25) is 0 Å². The molecule has 0 nitrogen and oxygen atoms in total. The minimum atomic E-state index is 0. The van der Waals surface area contributed by atoms with Crippen LogP contribution < -0.4 is 0 Å². The maximum atomic E-state index is 3.36. The van der Waals surface area contributed by atoms with Crippen LogP contribution >= 0.6 is 0 Å². The topological polar surface area (TPSA) is 0 Å². The molecule has 0 aliphatic rings. The van der Waals surface area contributed by atoms with Crippen LogP contribution in [-0.2, 0) is 0 Å². The first-order valence-electron chi connectivity index (χ1n) is 3.94. The van der Waals surface area contributed by atoms with Crippen molar-refractivity contribution in [1.29, 1.82) is 0 Å². The van der Waals surface area contributed by atoms with Crippen molar-refractivity contribution in [2.75, 3.05) is 0 Å². The van der Waals surface area contributed by atoms with Crippen molar-refractivity contribution in [2.24, 2.45) is 0 Å². The average Bonchev–Trinajstić information content (AvgIpc) is 1.92. The monoisotopic (exact) mass is 378 g/mol. The second-order valence-electron chi connectivity index (χ2n) is 1.63. The quantitative estimate of drug-likeness (QED) is 0.444. The number of rotatable bonds is 0. The van der Waals surface area contributed by atoms with Crippen LogP contribution in [0.1, 0.15) is 27.7 Å². The zero-order valence-corrected chi connectivity index (χ0v) is 15.3. The summed E-state index contributed by atoms with van der Waals surface area (Å²) in [5, 5.41) is 0. The van der Waals surface area contributed by atoms with Crippen LogP contribution in [0.5, 0.6) is 0 Å². The molecule has 0 aliphatic carbocycles. The van der Waals surface area contributed by atoms with Crippen LogP contribution in [0.25, 0.3) is 0 Å². The molecule has 13 heavy (non-hydrogen) atoms. The zero-order chi connectivity index (χ0) is 10.8. The van der Waals surface area contributed by atoms with Crippen molar-refractivity contribution in [3.05, 3.63) is 50.6 Å². The summed E-state index contributed by atoms with van der Waals surface area (Å²) in [5.74, 6) is 0. The summed E-state index contributed by atoms with van der Waals surface area (Å²) in [6, 6.07) is 0. The van der Waals surface area contributed by atoms with E-state index >= 15 is 0 Å². The van der Waals surface area contributed by atoms with Crippen LogP contribution in [-0.4, -0.2) is 27.3 Å². The Balaban J connectivity index is -0.0000000213. The van der Waals surface area contributed by atoms with Gasteiger partial charge in [0.2, 0.25) is 0 Å². The van der Waals surface area contributed by atoms with Crippen molar-refractivity contribution >= 4 is 27.3 Å². The molecule has 0 heterocycles. The molecule has 0 aromatic rings. The fourth-order valence-corrected chi connectivity index (χ4v) is 0. The van der Waals surface area contributed by atoms with Gasteiger partial charge in [0.25, 0.3) is 0 Å². The molecule has 0 fully saturated rings. The molecule has 0 atom stereocenters. The molecule has 0 N–H and O–H groups in total. The molecular formula is C12H26Pb. The Bertz CT molecular complexity index is 59.1. The van der Waals surface area contributed by atoms with Crippen molar-refractivity contribution in [2.45, 2.75) is 27.7 Å². The minimum absolute atomic E-state index is 0. The Hall–Kier alpha value is -0.118. The summed E-state index contributed by atoms with van der Waals surface area (Å²) in [4.78, 5) is 0. The third kappa shape index (κ3) is 83400. The van der Waals surface area contributed by atoms with Gasteiger partial charge in [-0.15, -0.1) is 26.3 Å². The van der Waals surface area contributed by atoms with Crippen LogP contribution in [0.15, 0.2) is 50.6 Å². The van der Waals surface area contributed by atoms with Gasteiger partial charge >= 0.3 is 27.3 Å². The number of hydrogen-bond acceptors (Lipinski definition) is 0. The molecule has 0 amide bonds. The molecule has 0 aromatic heterocycles. The number of hydrogen-bond donors (Lipinski definition) is 0. The summed E-state index contributed by atoms with van der Waals surface area (Å²) in [6.45, 7) is 21.0. The van der Waals surface area contributed by atoms with Gasteiger partial charge in [-0.05, 0) is 27.7 Å². The first kappa shape index (κ1) is 29.3. The van der Waals surface area contributed by atoms with Crippen molar-refractivity contribution in [1.82, 2.24) is 0 Å². The van der Waals surface area contributed by atoms with E-state index in [2.05, 4.69) is 26.3 Å². The molecule has 2 radical (unpaired) electrons. The molecule has 0 saturated heterocycles. The van der Waals surface area contributed by atoms with Gasteiger partial charge in [0.05, 0.1) is 0 Å². The summed E-state index contributed by atoms with van der Waals surface area (Å²) >= 11 is 0. The summed E-state index contributed by atoms with van der Waals surface area (Å²) in [7, 11) is 0. The first-order valence-corrected chi connectivity index (χ1v) is 3.94. The summed E-state index contributed by atoms with van der Waals surface area (Å²) in [5.41, 5.74) is 0. The van der Waals surface area contributed by atoms with E-state index in [-0.39, 0.29) is 27.3 Å². The number of allylic oxidation sites excluding steroid dienone is 4. The predicted molar refractivity (Wildman–Crippen MR) is 72.0 cm³/mol. The van der Waals surface area contributed by atoms with Gasteiger partial charge in [0.1, 0.15) is 0 Å². The zero-order valence-electron chi connectivity index (χ0n) is 9.84. The third-order valence-electron chi connectivity index (χ3n) is 0. The second-order valence-corrected chi connectivity index (χ2v) is 1.63. The molecule has 1 heteroatoms. The van der Waals surface area contributed by atoms with E-state index in [4.69, 9.17) is 0 Å². The first-order chi connectivity index (χ1) is 5.66. The third-order valence-corrected chi connectivity index (χ3v) is 0. The van der Waals surface area contributed by atoms with Crippen molar-refractivity contribution < 1.29 is 0 Å². The van der Waals surface area contributed by atoms with Crippen LogP contribution in [0.3, 0.4) is 0 Å².